The van der Waals surface area contributed by atoms with Gasteiger partial charge in [-0.2, -0.15) is 4.89 Å². The summed E-state index contributed by atoms with van der Waals surface area (Å²) >= 11 is 4.76. The third-order valence-electron chi connectivity index (χ3n) is 6.65. The Hall–Kier alpha value is -0.910. The van der Waals surface area contributed by atoms with Gasteiger partial charge in [-0.05, 0) is 63.0 Å². The third kappa shape index (κ3) is 7.80. The highest BCUT2D eigenvalue weighted by atomic mass is 32.1. The summed E-state index contributed by atoms with van der Waals surface area (Å²) in [5.41, 5.74) is 0.508. The Bertz CT molecular complexity index is 682. The lowest BCUT2D eigenvalue weighted by atomic mass is 9.88. The fourth-order valence-electron chi connectivity index (χ4n) is 4.48. The smallest absolute Gasteiger partial charge is 0.188 e. The molecule has 3 rings (SSSR count). The molecule has 0 saturated heterocycles. The molecule has 8 nitrogen and oxygen atoms in total. The highest BCUT2D eigenvalue weighted by Crippen LogP contribution is 2.38. The number of rotatable bonds is 12. The van der Waals surface area contributed by atoms with Crippen LogP contribution in [-0.4, -0.2) is 47.4 Å². The van der Waals surface area contributed by atoms with Crippen molar-refractivity contribution in [2.75, 3.05) is 7.11 Å². The second-order valence-corrected chi connectivity index (χ2v) is 9.45. The van der Waals surface area contributed by atoms with Crippen LogP contribution in [0, 0.1) is 11.8 Å². The Morgan fingerprint density at radius 2 is 1.61 bits per heavy atom. The Morgan fingerprint density at radius 3 is 2.21 bits per heavy atom. The van der Waals surface area contributed by atoms with Gasteiger partial charge < -0.3 is 24.6 Å². The van der Waals surface area contributed by atoms with Crippen LogP contribution < -0.4 is 4.89 Å². The monoisotopic (exact) mass is 486 g/mol. The average molecular weight is 487 g/mol. The molecule has 0 aliphatic heterocycles. The maximum absolute atomic E-state index is 10.5. The van der Waals surface area contributed by atoms with Crippen LogP contribution in [0.25, 0.3) is 0 Å². The molecule has 0 amide bonds. The molecule has 2 aliphatic carbocycles. The second-order valence-electron chi connectivity index (χ2n) is 8.94. The van der Waals surface area contributed by atoms with Gasteiger partial charge in [-0.15, -0.1) is 12.6 Å². The molecule has 9 heteroatoms. The summed E-state index contributed by atoms with van der Waals surface area (Å²) in [6, 6.07) is 6.95. The maximum Gasteiger partial charge on any atom is 0.188 e. The van der Waals surface area contributed by atoms with Gasteiger partial charge in [-0.3, -0.25) is 0 Å². The lowest BCUT2D eigenvalue weighted by molar-refractivity contribution is -0.394. The second kappa shape index (κ2) is 13.3. The van der Waals surface area contributed by atoms with Gasteiger partial charge >= 0.3 is 0 Å². The highest BCUT2D eigenvalue weighted by molar-refractivity contribution is 7.80. The molecule has 2 saturated carbocycles. The van der Waals surface area contributed by atoms with E-state index in [-0.39, 0.29) is 29.7 Å². The van der Waals surface area contributed by atoms with E-state index in [0.29, 0.717) is 23.7 Å². The quantitative estimate of drug-likeness (QED) is 0.174. The molecule has 2 fully saturated rings. The Morgan fingerprint density at radius 1 is 0.970 bits per heavy atom. The minimum atomic E-state index is -1.01. The van der Waals surface area contributed by atoms with E-state index >= 15 is 0 Å². The number of benzene rings is 1. The molecule has 0 bridgehead atoms. The van der Waals surface area contributed by atoms with Gasteiger partial charge in [-0.1, -0.05) is 26.0 Å². The van der Waals surface area contributed by atoms with Crippen LogP contribution in [0.4, 0.5) is 0 Å². The predicted molar refractivity (Wildman–Crippen MR) is 124 cm³/mol. The van der Waals surface area contributed by atoms with E-state index < -0.39 is 12.6 Å². The first kappa shape index (κ1) is 26.7. The first-order valence-electron chi connectivity index (χ1n) is 11.9. The van der Waals surface area contributed by atoms with Gasteiger partial charge in [0.25, 0.3) is 0 Å². The zero-order chi connectivity index (χ0) is 23.8. The molecule has 0 heterocycles. The Labute approximate surface area is 201 Å². The molecule has 2 N–H and O–H groups in total. The molecule has 33 heavy (non-hydrogen) atoms. The number of thiol groups is 1. The van der Waals surface area contributed by atoms with Gasteiger partial charge in [0.15, 0.2) is 18.3 Å². The van der Waals surface area contributed by atoms with Gasteiger partial charge in [0.05, 0.1) is 25.4 Å². The molecule has 1 aromatic carbocycles. The third-order valence-corrected chi connectivity index (χ3v) is 7.19. The molecule has 0 spiro atoms. The van der Waals surface area contributed by atoms with Crippen molar-refractivity contribution in [3.63, 3.8) is 0 Å². The summed E-state index contributed by atoms with van der Waals surface area (Å²) in [6.45, 7) is 3.94. The van der Waals surface area contributed by atoms with Crippen molar-refractivity contribution in [1.29, 1.82) is 0 Å². The summed E-state index contributed by atoms with van der Waals surface area (Å²) < 4.78 is 12.3. The molecular formula is C24H38O8S. The molecular weight excluding hydrogens is 448 g/mol. The summed E-state index contributed by atoms with van der Waals surface area (Å²) in [4.78, 5) is 19.9. The normalized spacial score (nSPS) is 30.7. The summed E-state index contributed by atoms with van der Waals surface area (Å²) in [7, 11) is 1.44. The number of ether oxygens (including phenoxy) is 2. The number of hydrogen-bond acceptors (Lipinski definition) is 9. The van der Waals surface area contributed by atoms with Crippen LogP contribution in [0.1, 0.15) is 70.6 Å². The zero-order valence-corrected chi connectivity index (χ0v) is 20.6. The fourth-order valence-corrected chi connectivity index (χ4v) is 4.93. The van der Waals surface area contributed by atoms with Crippen molar-refractivity contribution in [1.82, 2.24) is 0 Å². The van der Waals surface area contributed by atoms with Gasteiger partial charge in [0, 0.05) is 11.5 Å². The summed E-state index contributed by atoms with van der Waals surface area (Å²) in [5.74, 6) is 1.05. The van der Waals surface area contributed by atoms with E-state index in [2.05, 4.69) is 11.8 Å². The van der Waals surface area contributed by atoms with E-state index in [1.54, 1.807) is 24.3 Å². The van der Waals surface area contributed by atoms with Crippen molar-refractivity contribution < 1.29 is 39.2 Å². The summed E-state index contributed by atoms with van der Waals surface area (Å²) in [6.07, 6.45) is 3.85. The van der Waals surface area contributed by atoms with E-state index in [4.69, 9.17) is 36.8 Å². The standard InChI is InChI=1S/C24H38O8S/c1-4-22(25)32-31-19-11-7-17(8-12-19)24(33)29-21-14-13-20(15(21)2)28-23(26)16-5-9-18(10-6-16)30-27-3/h5-6,9-10,15,17,19-26,33H,4,7-8,11-14H2,1-3H3/t15-,17?,19?,20-,21+,22+,23?,24-/m1/s1. The predicted octanol–water partition coefficient (Wildman–Crippen LogP) is 4.31. The van der Waals surface area contributed by atoms with Gasteiger partial charge in [0.1, 0.15) is 5.44 Å². The minimum absolute atomic E-state index is 0.00258. The molecule has 1 unspecified atom stereocenters. The molecule has 188 valence electrons. The molecule has 0 radical (unpaired) electrons. The zero-order valence-electron chi connectivity index (χ0n) is 19.7. The SMILES string of the molecule is CC[C@@H](O)OOC1CCC([C@@H](S)O[C@H]2CC[C@@H](OC(O)c3ccc(OOC)cc3)[C@H]2C)CC1. The topological polar surface area (TPSA) is 95.8 Å². The molecule has 1 aromatic rings. The highest BCUT2D eigenvalue weighted by Gasteiger charge is 2.38. The van der Waals surface area contributed by atoms with Crippen LogP contribution in [0.2, 0.25) is 0 Å². The van der Waals surface area contributed by atoms with E-state index in [0.717, 1.165) is 38.5 Å². The molecule has 0 aromatic heterocycles. The van der Waals surface area contributed by atoms with Crippen molar-refractivity contribution in [2.45, 2.75) is 95.1 Å². The summed E-state index contributed by atoms with van der Waals surface area (Å²) in [5, 5.41) is 20.0. The van der Waals surface area contributed by atoms with Crippen LogP contribution in [0.3, 0.4) is 0 Å². The number of aliphatic hydroxyl groups excluding tert-OH is 2. The van der Waals surface area contributed by atoms with Gasteiger partial charge in [0.2, 0.25) is 0 Å². The van der Waals surface area contributed by atoms with Crippen LogP contribution in [-0.2, 0) is 24.1 Å². The van der Waals surface area contributed by atoms with Gasteiger partial charge in [-0.25, -0.2) is 9.78 Å². The van der Waals surface area contributed by atoms with Crippen LogP contribution in [0.15, 0.2) is 24.3 Å². The lowest BCUT2D eigenvalue weighted by Gasteiger charge is -2.33. The van der Waals surface area contributed by atoms with E-state index in [1.807, 2.05) is 6.92 Å². The Kier molecular flexibility index (Phi) is 10.7. The van der Waals surface area contributed by atoms with E-state index in [9.17, 15) is 10.2 Å². The number of hydrogen-bond donors (Lipinski definition) is 3. The first-order valence-corrected chi connectivity index (χ1v) is 12.4. The maximum atomic E-state index is 10.5. The van der Waals surface area contributed by atoms with E-state index in [1.165, 1.54) is 7.11 Å². The van der Waals surface area contributed by atoms with Crippen molar-refractivity contribution >= 4 is 12.6 Å². The Balaban J connectivity index is 1.41. The minimum Gasteiger partial charge on any atom is -0.366 e. The van der Waals surface area contributed by atoms with Crippen molar-refractivity contribution in [3.05, 3.63) is 29.8 Å². The van der Waals surface area contributed by atoms with Crippen LogP contribution in [0.5, 0.6) is 5.75 Å². The number of aliphatic hydroxyl groups is 2. The van der Waals surface area contributed by atoms with Crippen molar-refractivity contribution in [3.8, 4) is 5.75 Å². The molecule has 2 aliphatic rings. The van der Waals surface area contributed by atoms with Crippen molar-refractivity contribution in [2.24, 2.45) is 11.8 Å². The lowest BCUT2D eigenvalue weighted by Crippen LogP contribution is -2.33. The fraction of sp³-hybridized carbons (Fsp3) is 0.750. The largest absolute Gasteiger partial charge is 0.366 e. The average Bonchev–Trinajstić information content (AvgIpc) is 3.17. The first-order chi connectivity index (χ1) is 15.9. The molecule has 6 atom stereocenters. The van der Waals surface area contributed by atoms with Crippen LogP contribution >= 0.6 is 12.6 Å².